The predicted molar refractivity (Wildman–Crippen MR) is 170 cm³/mol. The fraction of sp³-hybridized carbons (Fsp3) is 0.382. The van der Waals surface area contributed by atoms with Gasteiger partial charge in [-0.1, -0.05) is 29.0 Å². The molecule has 1 aromatic carbocycles. The lowest BCUT2D eigenvalue weighted by Gasteiger charge is -2.24. The van der Waals surface area contributed by atoms with Crippen LogP contribution < -0.4 is 20.1 Å². The van der Waals surface area contributed by atoms with Crippen LogP contribution in [0.1, 0.15) is 43.9 Å². The summed E-state index contributed by atoms with van der Waals surface area (Å²) in [6, 6.07) is 16.1. The number of pyridine rings is 2. The molecule has 1 atom stereocenters. The van der Waals surface area contributed by atoms with E-state index in [4.69, 9.17) is 9.72 Å². The van der Waals surface area contributed by atoms with Crippen molar-refractivity contribution in [2.75, 3.05) is 43.4 Å². The lowest BCUT2D eigenvalue weighted by atomic mass is 10.1. The van der Waals surface area contributed by atoms with Gasteiger partial charge in [0.2, 0.25) is 0 Å². The van der Waals surface area contributed by atoms with Crippen LogP contribution in [0.5, 0.6) is 5.75 Å². The summed E-state index contributed by atoms with van der Waals surface area (Å²) < 4.78 is 20.3. The number of unbranched alkanes of at least 4 members (excludes halogenated alkanes) is 1. The van der Waals surface area contributed by atoms with E-state index in [1.54, 1.807) is 19.2 Å². The van der Waals surface area contributed by atoms with Gasteiger partial charge in [0.25, 0.3) is 5.82 Å². The zero-order valence-corrected chi connectivity index (χ0v) is 25.7. The number of carbonyl (C=O) groups is 1. The van der Waals surface area contributed by atoms with Crippen LogP contribution in [0.15, 0.2) is 73.2 Å². The highest BCUT2D eigenvalue weighted by Gasteiger charge is 2.24. The maximum Gasteiger partial charge on any atom is 0.307 e. The second-order valence-electron chi connectivity index (χ2n) is 11.3. The number of ketones is 1. The van der Waals surface area contributed by atoms with E-state index < -0.39 is 11.9 Å². The van der Waals surface area contributed by atoms with Crippen LogP contribution in [0.25, 0.3) is 11.4 Å². The number of aromatic nitrogens is 4. The van der Waals surface area contributed by atoms with Crippen molar-refractivity contribution in [3.63, 3.8) is 0 Å². The third-order valence-corrected chi connectivity index (χ3v) is 7.90. The molecule has 0 saturated carbocycles. The molecule has 0 spiro atoms. The zero-order valence-electron chi connectivity index (χ0n) is 25.7. The van der Waals surface area contributed by atoms with E-state index in [0.717, 1.165) is 73.2 Å². The predicted octanol–water partition coefficient (Wildman–Crippen LogP) is 4.72. The molecular weight excluding hydrogens is 573 g/mol. The number of aryl methyl sites for hydroxylation is 2. The minimum atomic E-state index is -0.530. The van der Waals surface area contributed by atoms with Crippen molar-refractivity contribution in [2.24, 2.45) is 0 Å². The molecule has 0 aliphatic carbocycles. The molecule has 0 amide bonds. The first-order chi connectivity index (χ1) is 22.0. The van der Waals surface area contributed by atoms with Crippen LogP contribution >= 0.6 is 0 Å². The molecule has 0 fully saturated rings. The first-order valence-electron chi connectivity index (χ1n) is 15.6. The lowest BCUT2D eigenvalue weighted by molar-refractivity contribution is -0.886. The Hall–Kier alpha value is -4.64. The third kappa shape index (κ3) is 9.18. The van der Waals surface area contributed by atoms with E-state index in [9.17, 15) is 14.4 Å². The van der Waals surface area contributed by atoms with E-state index >= 15 is 0 Å². The van der Waals surface area contributed by atoms with Crippen LogP contribution in [0.2, 0.25) is 0 Å². The van der Waals surface area contributed by atoms with E-state index in [-0.39, 0.29) is 5.78 Å². The zero-order chi connectivity index (χ0) is 31.4. The summed E-state index contributed by atoms with van der Waals surface area (Å²) in [6.45, 7) is 4.87. The van der Waals surface area contributed by atoms with E-state index in [1.807, 2.05) is 30.3 Å². The number of nitrogens with zero attached hydrogens (tertiary/aromatic N) is 5. The number of anilines is 2. The highest BCUT2D eigenvalue weighted by Crippen LogP contribution is 2.21. The summed E-state index contributed by atoms with van der Waals surface area (Å²) in [5, 5.41) is 17.5. The average molecular weight is 615 g/mol. The SMILES string of the molecule is CC(=O)[C@H](CCN(CCCCc1ccc2c(n1)NCCC2)CCOc1cncc(F)c1)Nc1ccnc(-c2ccccc2)[n+]1O. The van der Waals surface area contributed by atoms with Crippen molar-refractivity contribution >= 4 is 17.4 Å². The van der Waals surface area contributed by atoms with Crippen molar-refractivity contribution in [3.05, 3.63) is 90.3 Å². The first kappa shape index (κ1) is 31.8. The number of benzene rings is 1. The van der Waals surface area contributed by atoms with Crippen molar-refractivity contribution in [1.29, 1.82) is 0 Å². The van der Waals surface area contributed by atoms with Crippen LogP contribution in [0.4, 0.5) is 16.0 Å². The Morgan fingerprint density at radius 2 is 2.00 bits per heavy atom. The highest BCUT2D eigenvalue weighted by molar-refractivity contribution is 5.83. The minimum absolute atomic E-state index is 0.0396. The van der Waals surface area contributed by atoms with E-state index in [1.165, 1.54) is 17.8 Å². The fourth-order valence-electron chi connectivity index (χ4n) is 5.43. The van der Waals surface area contributed by atoms with Crippen molar-refractivity contribution in [1.82, 2.24) is 19.9 Å². The summed E-state index contributed by atoms with van der Waals surface area (Å²) in [5.74, 6) is 1.66. The summed E-state index contributed by atoms with van der Waals surface area (Å²) in [4.78, 5) is 27.9. The molecule has 10 nitrogen and oxygen atoms in total. The standard InChI is InChI=1S/C34H40FN7O3/c1-25(43)31(40-32-14-17-38-34(42(32)44)27-8-3-2-4-9-27)15-19-41(20-21-45-30-22-28(35)23-36-24-30)18-6-5-11-29-13-12-26-10-7-16-37-33(26)39-29/h2-4,8-9,12-14,17,22-24,31,44H,5-7,10-11,15-16,18-21H2,1H3,(H,37,39)/p+1/t31-/m0/s1. The van der Waals surface area contributed by atoms with Crippen LogP contribution in [0.3, 0.4) is 0 Å². The Bertz CT molecular complexity index is 1560. The van der Waals surface area contributed by atoms with Gasteiger partial charge in [-0.25, -0.2) is 9.37 Å². The van der Waals surface area contributed by atoms with Gasteiger partial charge in [-0.3, -0.25) is 20.0 Å². The van der Waals surface area contributed by atoms with Crippen molar-refractivity contribution in [2.45, 2.75) is 51.5 Å². The molecule has 3 N–H and O–H groups in total. The molecule has 4 aromatic rings. The summed E-state index contributed by atoms with van der Waals surface area (Å²) in [5.41, 5.74) is 3.12. The van der Waals surface area contributed by atoms with Gasteiger partial charge < -0.3 is 15.3 Å². The maximum absolute atomic E-state index is 13.6. The van der Waals surface area contributed by atoms with Crippen molar-refractivity contribution < 1.29 is 23.9 Å². The number of hydrogen-bond donors (Lipinski definition) is 3. The molecule has 0 saturated heterocycles. The van der Waals surface area contributed by atoms with Gasteiger partial charge in [0.15, 0.2) is 5.78 Å². The second kappa shape index (κ2) is 15.9. The number of fused-ring (bicyclic) bond motifs is 1. The molecule has 3 aromatic heterocycles. The topological polar surface area (TPSA) is 116 Å². The van der Waals surface area contributed by atoms with E-state index in [0.29, 0.717) is 43.5 Å². The number of halogens is 1. The summed E-state index contributed by atoms with van der Waals surface area (Å²) >= 11 is 0. The molecule has 11 heteroatoms. The summed E-state index contributed by atoms with van der Waals surface area (Å²) in [6.07, 6.45) is 9.75. The van der Waals surface area contributed by atoms with Gasteiger partial charge in [-0.2, -0.15) is 0 Å². The number of carbonyl (C=O) groups excluding carboxylic acids is 1. The van der Waals surface area contributed by atoms with Crippen LogP contribution in [-0.4, -0.2) is 69.7 Å². The smallest absolute Gasteiger partial charge is 0.307 e. The van der Waals surface area contributed by atoms with Gasteiger partial charge in [0.1, 0.15) is 36.2 Å². The number of Topliss-reactive ketones (excluding diaryl/α,β-unsaturated/α-hetero) is 1. The lowest BCUT2D eigenvalue weighted by Crippen LogP contribution is -2.42. The molecule has 236 valence electrons. The largest absolute Gasteiger partial charge is 0.491 e. The third-order valence-electron chi connectivity index (χ3n) is 7.90. The summed E-state index contributed by atoms with van der Waals surface area (Å²) in [7, 11) is 0. The molecule has 1 aliphatic heterocycles. The number of ether oxygens (including phenoxy) is 1. The van der Waals surface area contributed by atoms with Crippen LogP contribution in [0, 0.1) is 5.82 Å². The Morgan fingerprint density at radius 1 is 1.13 bits per heavy atom. The molecular formula is C34H41FN7O3+. The molecule has 45 heavy (non-hydrogen) atoms. The quantitative estimate of drug-likeness (QED) is 0.0936. The number of nitrogens with one attached hydrogen (secondary N) is 2. The Labute approximate surface area is 263 Å². The molecule has 0 radical (unpaired) electrons. The van der Waals surface area contributed by atoms with Gasteiger partial charge in [-0.15, -0.1) is 4.98 Å². The van der Waals surface area contributed by atoms with E-state index in [2.05, 4.69) is 37.6 Å². The average Bonchev–Trinajstić information content (AvgIpc) is 3.05. The fourth-order valence-corrected chi connectivity index (χ4v) is 5.43. The van der Waals surface area contributed by atoms with Gasteiger partial charge >= 0.3 is 5.82 Å². The van der Waals surface area contributed by atoms with Gasteiger partial charge in [0.05, 0.1) is 18.0 Å². The van der Waals surface area contributed by atoms with Crippen LogP contribution in [-0.2, 0) is 17.6 Å². The molecule has 4 heterocycles. The monoisotopic (exact) mass is 614 g/mol. The van der Waals surface area contributed by atoms with Crippen molar-refractivity contribution in [3.8, 4) is 17.1 Å². The maximum atomic E-state index is 13.6. The molecule has 0 bridgehead atoms. The number of rotatable bonds is 16. The highest BCUT2D eigenvalue weighted by atomic mass is 19.1. The van der Waals surface area contributed by atoms with Gasteiger partial charge in [0, 0.05) is 43.9 Å². The Kier molecular flexibility index (Phi) is 11.2. The molecule has 0 unspecified atom stereocenters. The second-order valence-corrected chi connectivity index (χ2v) is 11.3. The minimum Gasteiger partial charge on any atom is -0.491 e. The van der Waals surface area contributed by atoms with Gasteiger partial charge in [-0.05, 0) is 69.3 Å². The molecule has 5 rings (SSSR count). The molecule has 1 aliphatic rings. The Balaban J connectivity index is 1.19. The normalized spacial score (nSPS) is 13.1. The number of hydrogen-bond acceptors (Lipinski definition) is 9. The first-order valence-corrected chi connectivity index (χ1v) is 15.6. The Morgan fingerprint density at radius 3 is 2.82 bits per heavy atom.